The van der Waals surface area contributed by atoms with Crippen molar-refractivity contribution in [1.29, 1.82) is 0 Å². The van der Waals surface area contributed by atoms with E-state index in [-0.39, 0.29) is 12.4 Å². The van der Waals surface area contributed by atoms with Crippen LogP contribution in [-0.4, -0.2) is 18.5 Å². The summed E-state index contributed by atoms with van der Waals surface area (Å²) < 4.78 is 5.27. The highest BCUT2D eigenvalue weighted by Crippen LogP contribution is 2.11. The lowest BCUT2D eigenvalue weighted by Gasteiger charge is -2.05. The predicted octanol–water partition coefficient (Wildman–Crippen LogP) is 6.14. The molecule has 0 N–H and O–H groups in total. The zero-order valence-corrected chi connectivity index (χ0v) is 16.4. The van der Waals surface area contributed by atoms with Gasteiger partial charge in [-0.3, -0.25) is 4.79 Å². The van der Waals surface area contributed by atoms with Gasteiger partial charge in [0.2, 0.25) is 0 Å². The maximum Gasteiger partial charge on any atom is 0.355 e. The van der Waals surface area contributed by atoms with Crippen molar-refractivity contribution in [3.05, 3.63) is 0 Å². The summed E-state index contributed by atoms with van der Waals surface area (Å²) in [4.78, 5) is 21.9. The van der Waals surface area contributed by atoms with Gasteiger partial charge < -0.3 is 4.74 Å². The fourth-order valence-electron chi connectivity index (χ4n) is 2.92. The van der Waals surface area contributed by atoms with Crippen LogP contribution in [0.4, 0.5) is 0 Å². The normalized spacial score (nSPS) is 10.8. The molecule has 0 amide bonds. The molecule has 0 aromatic rings. The molecule has 0 spiro atoms. The minimum Gasteiger partial charge on any atom is -0.466 e. The Bertz CT molecular complexity index is 315. The molecule has 0 rings (SSSR count). The summed E-state index contributed by atoms with van der Waals surface area (Å²) in [5, 5.41) is 10.3. The van der Waals surface area contributed by atoms with Crippen molar-refractivity contribution < 1.29 is 19.4 Å². The van der Waals surface area contributed by atoms with Gasteiger partial charge in [-0.2, -0.15) is 0 Å². The third-order valence-corrected chi connectivity index (χ3v) is 4.52. The molecule has 0 atom stereocenters. The van der Waals surface area contributed by atoms with Gasteiger partial charge in [-0.15, -0.1) is 0 Å². The first-order chi connectivity index (χ1) is 12.2. The number of esters is 1. The third kappa shape index (κ3) is 20.9. The van der Waals surface area contributed by atoms with E-state index in [0.29, 0.717) is 13.0 Å². The molecule has 0 fully saturated rings. The van der Waals surface area contributed by atoms with E-state index in [2.05, 4.69) is 6.92 Å². The molecule has 0 heterocycles. The molecule has 0 unspecified atom stereocenters. The molecule has 0 bridgehead atoms. The summed E-state index contributed by atoms with van der Waals surface area (Å²) in [5.74, 6) is -0.983. The van der Waals surface area contributed by atoms with E-state index in [1.165, 1.54) is 38.5 Å². The van der Waals surface area contributed by atoms with E-state index in [0.717, 1.165) is 57.8 Å². The van der Waals surface area contributed by atoms with Crippen molar-refractivity contribution in [2.75, 3.05) is 6.61 Å². The molecule has 25 heavy (non-hydrogen) atoms. The smallest absolute Gasteiger partial charge is 0.355 e. The van der Waals surface area contributed by atoms with Gasteiger partial charge in [0, 0.05) is 6.42 Å². The van der Waals surface area contributed by atoms with Gasteiger partial charge >= 0.3 is 11.9 Å². The Kier molecular flexibility index (Phi) is 18.5. The number of ether oxygens (including phenoxy) is 1. The van der Waals surface area contributed by atoms with Gasteiger partial charge in [0.25, 0.3) is 0 Å². The van der Waals surface area contributed by atoms with Crippen molar-refractivity contribution in [3.8, 4) is 0 Å². The fraction of sp³-hybridized carbons (Fsp3) is 0.905. The lowest BCUT2D eigenvalue weighted by Crippen LogP contribution is -2.05. The number of hydrogen-bond acceptors (Lipinski definition) is 3. The van der Waals surface area contributed by atoms with Crippen LogP contribution in [0.1, 0.15) is 116 Å². The fourth-order valence-corrected chi connectivity index (χ4v) is 2.92. The van der Waals surface area contributed by atoms with E-state index in [1.807, 2.05) is 0 Å². The zero-order chi connectivity index (χ0) is 18.6. The second-order valence-corrected chi connectivity index (χ2v) is 7.04. The molecule has 4 nitrogen and oxygen atoms in total. The summed E-state index contributed by atoms with van der Waals surface area (Å²) in [7, 11) is 0. The Labute approximate surface area is 154 Å². The average Bonchev–Trinajstić information content (AvgIpc) is 2.58. The standard InChI is InChI=1S/C21H39O4/c1-2-3-4-5-8-12-15-18-21(24)25-19-16-13-10-7-6-9-11-14-17-20(22)23/h2-19H2,1H3. The third-order valence-electron chi connectivity index (χ3n) is 4.52. The van der Waals surface area contributed by atoms with E-state index < -0.39 is 5.97 Å². The van der Waals surface area contributed by atoms with Crippen LogP contribution >= 0.6 is 0 Å². The lowest BCUT2D eigenvalue weighted by molar-refractivity contribution is -0.144. The second kappa shape index (κ2) is 19.3. The largest absolute Gasteiger partial charge is 0.466 e. The molecule has 0 aliphatic carbocycles. The number of carbonyl (C=O) groups excluding carboxylic acids is 2. The molecule has 0 aliphatic rings. The van der Waals surface area contributed by atoms with Gasteiger partial charge in [-0.25, -0.2) is 9.90 Å². The van der Waals surface area contributed by atoms with Gasteiger partial charge in [-0.05, 0) is 19.3 Å². The summed E-state index contributed by atoms with van der Waals surface area (Å²) in [6.07, 6.45) is 17.7. The first-order valence-electron chi connectivity index (χ1n) is 10.5. The predicted molar refractivity (Wildman–Crippen MR) is 101 cm³/mol. The van der Waals surface area contributed by atoms with Gasteiger partial charge in [0.05, 0.1) is 13.0 Å². The zero-order valence-electron chi connectivity index (χ0n) is 16.4. The molecule has 4 heteroatoms. The van der Waals surface area contributed by atoms with Crippen molar-refractivity contribution in [2.45, 2.75) is 116 Å². The van der Waals surface area contributed by atoms with E-state index in [1.54, 1.807) is 0 Å². The monoisotopic (exact) mass is 355 g/mol. The highest BCUT2D eigenvalue weighted by atomic mass is 16.5. The molecular weight excluding hydrogens is 316 g/mol. The molecule has 0 saturated carbocycles. The van der Waals surface area contributed by atoms with Crippen molar-refractivity contribution in [3.63, 3.8) is 0 Å². The Hall–Kier alpha value is -1.06. The van der Waals surface area contributed by atoms with E-state index in [4.69, 9.17) is 4.74 Å². The SMILES string of the molecule is CCCCCCCCCC(=O)OCCCCCCCCCCC([O])=O. The molecule has 0 saturated heterocycles. The summed E-state index contributed by atoms with van der Waals surface area (Å²) >= 11 is 0. The second-order valence-electron chi connectivity index (χ2n) is 7.04. The number of unbranched alkanes of at least 4 members (excludes halogenated alkanes) is 13. The molecular formula is C21H39O4. The van der Waals surface area contributed by atoms with Crippen LogP contribution in [0.3, 0.4) is 0 Å². The Morgan fingerprint density at radius 2 is 1.04 bits per heavy atom. The summed E-state index contributed by atoms with van der Waals surface area (Å²) in [5.41, 5.74) is 0. The van der Waals surface area contributed by atoms with Crippen LogP contribution in [0.5, 0.6) is 0 Å². The van der Waals surface area contributed by atoms with Gasteiger partial charge in [-0.1, -0.05) is 84.0 Å². The lowest BCUT2D eigenvalue weighted by atomic mass is 10.1. The number of hydrogen-bond donors (Lipinski definition) is 0. The first-order valence-corrected chi connectivity index (χ1v) is 10.5. The molecule has 0 aromatic heterocycles. The molecule has 0 aliphatic heterocycles. The van der Waals surface area contributed by atoms with E-state index in [9.17, 15) is 14.7 Å². The molecule has 1 radical (unpaired) electrons. The van der Waals surface area contributed by atoms with Crippen molar-refractivity contribution in [2.24, 2.45) is 0 Å². The van der Waals surface area contributed by atoms with Crippen molar-refractivity contribution >= 4 is 11.9 Å². The maximum atomic E-state index is 11.6. The Balaban J connectivity index is 3.16. The van der Waals surface area contributed by atoms with Crippen LogP contribution in [0.15, 0.2) is 0 Å². The minimum absolute atomic E-state index is 0.0403. The highest BCUT2D eigenvalue weighted by molar-refractivity contribution is 5.69. The maximum absolute atomic E-state index is 11.6. The van der Waals surface area contributed by atoms with E-state index >= 15 is 0 Å². The highest BCUT2D eigenvalue weighted by Gasteiger charge is 2.02. The Morgan fingerprint density at radius 3 is 1.56 bits per heavy atom. The van der Waals surface area contributed by atoms with Gasteiger partial charge in [0.1, 0.15) is 0 Å². The van der Waals surface area contributed by atoms with Crippen LogP contribution in [0.25, 0.3) is 0 Å². The topological polar surface area (TPSA) is 63.3 Å². The average molecular weight is 356 g/mol. The van der Waals surface area contributed by atoms with Crippen LogP contribution in [-0.2, 0) is 19.4 Å². The summed E-state index contributed by atoms with van der Waals surface area (Å²) in [6, 6.07) is 0. The molecule has 147 valence electrons. The van der Waals surface area contributed by atoms with Gasteiger partial charge in [0.15, 0.2) is 0 Å². The van der Waals surface area contributed by atoms with Crippen LogP contribution < -0.4 is 0 Å². The molecule has 0 aromatic carbocycles. The number of carbonyl (C=O) groups is 2. The minimum atomic E-state index is -0.943. The van der Waals surface area contributed by atoms with Crippen molar-refractivity contribution in [1.82, 2.24) is 0 Å². The van der Waals surface area contributed by atoms with Crippen LogP contribution in [0, 0.1) is 0 Å². The quantitative estimate of drug-likeness (QED) is 0.206. The summed E-state index contributed by atoms with van der Waals surface area (Å²) in [6.45, 7) is 2.78. The number of rotatable bonds is 19. The first kappa shape index (κ1) is 23.9. The van der Waals surface area contributed by atoms with Crippen LogP contribution in [0.2, 0.25) is 0 Å². The Morgan fingerprint density at radius 1 is 0.600 bits per heavy atom.